The molecule has 0 bridgehead atoms. The van der Waals surface area contributed by atoms with Gasteiger partial charge in [0.25, 0.3) is 5.91 Å². The number of rotatable bonds is 9. The van der Waals surface area contributed by atoms with E-state index in [1.54, 1.807) is 49.6 Å². The summed E-state index contributed by atoms with van der Waals surface area (Å²) in [6, 6.07) is 19.3. The number of carbonyl (C=O) groups excluding carboxylic acids is 2. The van der Waals surface area contributed by atoms with Crippen LogP contribution in [0.2, 0.25) is 0 Å². The molecule has 1 amide bonds. The zero-order valence-electron chi connectivity index (χ0n) is 18.6. The highest BCUT2D eigenvalue weighted by atomic mass is 16.6. The molecule has 8 nitrogen and oxygen atoms in total. The van der Waals surface area contributed by atoms with Gasteiger partial charge in [0.15, 0.2) is 11.5 Å². The van der Waals surface area contributed by atoms with Crippen LogP contribution in [0.25, 0.3) is 0 Å². The normalized spacial score (nSPS) is 10.5. The maximum absolute atomic E-state index is 12.4. The number of nitrogens with zero attached hydrogens (tertiary/aromatic N) is 1. The molecule has 0 heterocycles. The zero-order chi connectivity index (χ0) is 23.6. The van der Waals surface area contributed by atoms with Crippen LogP contribution >= 0.6 is 0 Å². The quantitative estimate of drug-likeness (QED) is 0.224. The number of hydrogen-bond donors (Lipinski definition) is 2. The number of ether oxygens (including phenoxy) is 3. The van der Waals surface area contributed by atoms with Gasteiger partial charge in [-0.3, -0.25) is 4.79 Å². The average Bonchev–Trinajstić information content (AvgIpc) is 2.84. The Balaban J connectivity index is 1.55. The molecule has 0 atom stereocenters. The van der Waals surface area contributed by atoms with E-state index in [1.807, 2.05) is 31.2 Å². The Bertz CT molecular complexity index is 1130. The molecule has 0 aliphatic rings. The Morgan fingerprint density at radius 1 is 0.909 bits per heavy atom. The van der Waals surface area contributed by atoms with Gasteiger partial charge in [-0.05, 0) is 67.1 Å². The van der Waals surface area contributed by atoms with Crippen LogP contribution in [0, 0.1) is 6.92 Å². The molecule has 2 N–H and O–H groups in total. The highest BCUT2D eigenvalue weighted by molar-refractivity contribution is 5.92. The Morgan fingerprint density at radius 3 is 2.30 bits per heavy atom. The lowest BCUT2D eigenvalue weighted by Crippen LogP contribution is -2.25. The number of amides is 1. The Kier molecular flexibility index (Phi) is 8.02. The van der Waals surface area contributed by atoms with Crippen molar-refractivity contribution in [3.63, 3.8) is 0 Å². The summed E-state index contributed by atoms with van der Waals surface area (Å²) in [7, 11) is 3.02. The van der Waals surface area contributed by atoms with Crippen molar-refractivity contribution in [3.05, 3.63) is 83.4 Å². The fraction of sp³-hybridized carbons (Fsp3) is 0.160. The SMILES string of the molecule is COc1ccc(C(=O)Oc2ccc(/C=N/NC(=O)CNc3ccc(C)cc3)cc2OC)cc1. The second kappa shape index (κ2) is 11.3. The maximum atomic E-state index is 12.4. The van der Waals surface area contributed by atoms with Crippen molar-refractivity contribution in [2.24, 2.45) is 5.10 Å². The second-order valence-electron chi connectivity index (χ2n) is 7.04. The Labute approximate surface area is 192 Å². The van der Waals surface area contributed by atoms with E-state index in [0.29, 0.717) is 22.6 Å². The lowest BCUT2D eigenvalue weighted by Gasteiger charge is -2.10. The fourth-order valence-electron chi connectivity index (χ4n) is 2.81. The van der Waals surface area contributed by atoms with Crippen molar-refractivity contribution in [1.29, 1.82) is 0 Å². The van der Waals surface area contributed by atoms with Crippen LogP contribution in [0.15, 0.2) is 71.8 Å². The monoisotopic (exact) mass is 447 g/mol. The van der Waals surface area contributed by atoms with Crippen molar-refractivity contribution in [1.82, 2.24) is 5.43 Å². The van der Waals surface area contributed by atoms with Gasteiger partial charge in [-0.25, -0.2) is 10.2 Å². The highest BCUT2D eigenvalue weighted by Crippen LogP contribution is 2.28. The van der Waals surface area contributed by atoms with E-state index in [1.165, 1.54) is 13.3 Å². The number of aryl methyl sites for hydroxylation is 1. The van der Waals surface area contributed by atoms with Crippen molar-refractivity contribution in [2.75, 3.05) is 26.1 Å². The number of carbonyl (C=O) groups is 2. The number of esters is 1. The van der Waals surface area contributed by atoms with Crippen molar-refractivity contribution in [2.45, 2.75) is 6.92 Å². The molecule has 0 aliphatic heterocycles. The Hall–Kier alpha value is -4.33. The molecular weight excluding hydrogens is 422 g/mol. The first-order chi connectivity index (χ1) is 16.0. The van der Waals surface area contributed by atoms with Crippen molar-refractivity contribution < 1.29 is 23.8 Å². The number of benzene rings is 3. The minimum Gasteiger partial charge on any atom is -0.497 e. The molecule has 0 fully saturated rings. The number of hydrazone groups is 1. The summed E-state index contributed by atoms with van der Waals surface area (Å²) in [5.41, 5.74) is 5.49. The molecule has 0 saturated carbocycles. The molecule has 0 aliphatic carbocycles. The molecule has 3 rings (SSSR count). The van der Waals surface area contributed by atoms with Gasteiger partial charge >= 0.3 is 5.97 Å². The summed E-state index contributed by atoms with van der Waals surface area (Å²) in [4.78, 5) is 24.4. The number of nitrogens with one attached hydrogen (secondary N) is 2. The molecule has 170 valence electrons. The predicted octanol–water partition coefficient (Wildman–Crippen LogP) is 3.79. The van der Waals surface area contributed by atoms with Crippen LogP contribution in [-0.2, 0) is 4.79 Å². The molecule has 3 aromatic carbocycles. The van der Waals surface area contributed by atoms with Gasteiger partial charge in [-0.2, -0.15) is 5.10 Å². The van der Waals surface area contributed by atoms with Gasteiger partial charge in [0.05, 0.1) is 32.5 Å². The van der Waals surface area contributed by atoms with E-state index in [4.69, 9.17) is 14.2 Å². The van der Waals surface area contributed by atoms with Crippen LogP contribution in [0.3, 0.4) is 0 Å². The van der Waals surface area contributed by atoms with Gasteiger partial charge in [0.1, 0.15) is 5.75 Å². The summed E-state index contributed by atoms with van der Waals surface area (Å²) in [5, 5.41) is 6.98. The molecule has 8 heteroatoms. The molecular formula is C25H25N3O5. The van der Waals surface area contributed by atoms with E-state index in [2.05, 4.69) is 15.8 Å². The number of methoxy groups -OCH3 is 2. The smallest absolute Gasteiger partial charge is 0.343 e. The summed E-state index contributed by atoms with van der Waals surface area (Å²) in [5.74, 6) is 0.454. The van der Waals surface area contributed by atoms with E-state index in [0.717, 1.165) is 11.3 Å². The van der Waals surface area contributed by atoms with Gasteiger partial charge in [-0.1, -0.05) is 17.7 Å². The first-order valence-corrected chi connectivity index (χ1v) is 10.1. The fourth-order valence-corrected chi connectivity index (χ4v) is 2.81. The van der Waals surface area contributed by atoms with Gasteiger partial charge in [-0.15, -0.1) is 0 Å². The summed E-state index contributed by atoms with van der Waals surface area (Å²) < 4.78 is 15.9. The third kappa shape index (κ3) is 6.83. The molecule has 0 spiro atoms. The second-order valence-corrected chi connectivity index (χ2v) is 7.04. The van der Waals surface area contributed by atoms with Gasteiger partial charge in [0.2, 0.25) is 0 Å². The minimum atomic E-state index is -0.522. The van der Waals surface area contributed by atoms with E-state index >= 15 is 0 Å². The van der Waals surface area contributed by atoms with Crippen LogP contribution in [0.1, 0.15) is 21.5 Å². The van der Waals surface area contributed by atoms with Gasteiger partial charge in [0, 0.05) is 5.69 Å². The maximum Gasteiger partial charge on any atom is 0.343 e. The predicted molar refractivity (Wildman–Crippen MR) is 126 cm³/mol. The molecule has 0 unspecified atom stereocenters. The van der Waals surface area contributed by atoms with E-state index < -0.39 is 5.97 Å². The lowest BCUT2D eigenvalue weighted by atomic mass is 10.2. The topological polar surface area (TPSA) is 98.3 Å². The zero-order valence-corrected chi connectivity index (χ0v) is 18.6. The van der Waals surface area contributed by atoms with Crippen molar-refractivity contribution >= 4 is 23.8 Å². The van der Waals surface area contributed by atoms with Crippen molar-refractivity contribution in [3.8, 4) is 17.2 Å². The van der Waals surface area contributed by atoms with Crippen LogP contribution in [0.4, 0.5) is 5.69 Å². The molecule has 0 radical (unpaired) electrons. The Morgan fingerprint density at radius 2 is 1.64 bits per heavy atom. The lowest BCUT2D eigenvalue weighted by molar-refractivity contribution is -0.119. The standard InChI is InChI=1S/C25H25N3O5/c1-17-4-9-20(10-5-17)26-16-24(29)28-27-15-18-6-13-22(23(14-18)32-3)33-25(30)19-7-11-21(31-2)12-8-19/h4-15,26H,16H2,1-3H3,(H,28,29)/b27-15+. The highest BCUT2D eigenvalue weighted by Gasteiger charge is 2.13. The number of hydrogen-bond acceptors (Lipinski definition) is 7. The van der Waals surface area contributed by atoms with Crippen LogP contribution in [-0.4, -0.2) is 38.9 Å². The number of anilines is 1. The molecule has 3 aromatic rings. The summed E-state index contributed by atoms with van der Waals surface area (Å²) >= 11 is 0. The van der Waals surface area contributed by atoms with E-state index in [-0.39, 0.29) is 18.2 Å². The van der Waals surface area contributed by atoms with Crippen LogP contribution in [0.5, 0.6) is 17.2 Å². The molecule has 0 aromatic heterocycles. The van der Waals surface area contributed by atoms with Gasteiger partial charge < -0.3 is 19.5 Å². The first-order valence-electron chi connectivity index (χ1n) is 10.1. The summed E-state index contributed by atoms with van der Waals surface area (Å²) in [6.45, 7) is 2.08. The largest absolute Gasteiger partial charge is 0.497 e. The van der Waals surface area contributed by atoms with E-state index in [9.17, 15) is 9.59 Å². The average molecular weight is 447 g/mol. The third-order valence-corrected chi connectivity index (χ3v) is 4.62. The molecule has 0 saturated heterocycles. The minimum absolute atomic E-state index is 0.0873. The molecule has 33 heavy (non-hydrogen) atoms. The van der Waals surface area contributed by atoms with Crippen LogP contribution < -0.4 is 25.0 Å². The third-order valence-electron chi connectivity index (χ3n) is 4.62. The first kappa shape index (κ1) is 23.3. The summed E-state index contributed by atoms with van der Waals surface area (Å²) in [6.07, 6.45) is 1.47.